The third-order valence-electron chi connectivity index (χ3n) is 4.46. The molecule has 26 heavy (non-hydrogen) atoms. The Balaban J connectivity index is 1.68. The molecule has 0 radical (unpaired) electrons. The van der Waals surface area contributed by atoms with Gasteiger partial charge in [-0.2, -0.15) is 0 Å². The van der Waals surface area contributed by atoms with Crippen molar-refractivity contribution in [3.8, 4) is 11.5 Å². The minimum Gasteiger partial charge on any atom is -0.457 e. The number of nitrogens with one attached hydrogen (secondary N) is 1. The number of hydrogen-bond donors (Lipinski definition) is 1. The number of methoxy groups -OCH3 is 1. The molecule has 0 fully saturated rings. The summed E-state index contributed by atoms with van der Waals surface area (Å²) >= 11 is 0. The molecule has 1 aliphatic heterocycles. The Morgan fingerprint density at radius 1 is 0.962 bits per heavy atom. The lowest BCUT2D eigenvalue weighted by Gasteiger charge is -2.28. The number of ether oxygens (including phenoxy) is 2. The summed E-state index contributed by atoms with van der Waals surface area (Å²) in [6, 6.07) is 22.8. The van der Waals surface area contributed by atoms with E-state index in [0.717, 1.165) is 28.2 Å². The van der Waals surface area contributed by atoms with Crippen molar-refractivity contribution >= 4 is 5.91 Å². The Kier molecular flexibility index (Phi) is 4.42. The van der Waals surface area contributed by atoms with E-state index in [9.17, 15) is 4.79 Å². The van der Waals surface area contributed by atoms with Gasteiger partial charge in [-0.3, -0.25) is 4.79 Å². The minimum absolute atomic E-state index is 0.126. The molecule has 0 atom stereocenters. The van der Waals surface area contributed by atoms with Crippen LogP contribution in [0, 0.1) is 0 Å². The van der Waals surface area contributed by atoms with Crippen LogP contribution in [0.15, 0.2) is 72.8 Å². The summed E-state index contributed by atoms with van der Waals surface area (Å²) in [6.45, 7) is 0.476. The van der Waals surface area contributed by atoms with E-state index < -0.39 is 0 Å². The average Bonchev–Trinajstić information content (AvgIpc) is 2.68. The van der Waals surface area contributed by atoms with Gasteiger partial charge in [0.2, 0.25) is 0 Å². The molecule has 1 heterocycles. The zero-order valence-corrected chi connectivity index (χ0v) is 14.4. The number of hydrogen-bond acceptors (Lipinski definition) is 3. The standard InChI is InChI=1S/C22H19NO3/c1-25-14-15-7-6-8-16(13-15)22(24)23-21-17-9-2-4-11-19(17)26-20-12-5-3-10-18(20)21/h2-13,21H,14H2,1H3,(H,23,24). The predicted octanol–water partition coefficient (Wildman–Crippen LogP) is 4.46. The first kappa shape index (κ1) is 16.4. The van der Waals surface area contributed by atoms with Crippen LogP contribution in [0.1, 0.15) is 33.1 Å². The molecule has 0 unspecified atom stereocenters. The minimum atomic E-state index is -0.255. The highest BCUT2D eigenvalue weighted by atomic mass is 16.5. The molecule has 1 amide bonds. The maximum absolute atomic E-state index is 12.9. The van der Waals surface area contributed by atoms with E-state index in [1.807, 2.05) is 72.8 Å². The van der Waals surface area contributed by atoms with Crippen molar-refractivity contribution in [3.05, 3.63) is 95.1 Å². The molecule has 0 aliphatic carbocycles. The molecule has 3 aromatic rings. The summed E-state index contributed by atoms with van der Waals surface area (Å²) in [7, 11) is 1.64. The van der Waals surface area contributed by atoms with Gasteiger partial charge in [0, 0.05) is 23.8 Å². The third kappa shape index (κ3) is 3.07. The largest absolute Gasteiger partial charge is 0.457 e. The Hall–Kier alpha value is -3.11. The molecule has 4 nitrogen and oxygen atoms in total. The number of rotatable bonds is 4. The molecular formula is C22H19NO3. The van der Waals surface area contributed by atoms with E-state index in [-0.39, 0.29) is 11.9 Å². The fourth-order valence-corrected chi connectivity index (χ4v) is 3.25. The van der Waals surface area contributed by atoms with Gasteiger partial charge >= 0.3 is 0 Å². The highest BCUT2D eigenvalue weighted by Gasteiger charge is 2.28. The number of benzene rings is 3. The summed E-state index contributed by atoms with van der Waals surface area (Å²) in [5.74, 6) is 1.41. The van der Waals surface area contributed by atoms with Crippen LogP contribution in [0.3, 0.4) is 0 Å². The normalized spacial score (nSPS) is 12.7. The Labute approximate surface area is 152 Å². The smallest absolute Gasteiger partial charge is 0.252 e. The lowest BCUT2D eigenvalue weighted by atomic mass is 9.94. The van der Waals surface area contributed by atoms with E-state index in [1.54, 1.807) is 7.11 Å². The van der Waals surface area contributed by atoms with Crippen LogP contribution in [0.5, 0.6) is 11.5 Å². The molecule has 130 valence electrons. The van der Waals surface area contributed by atoms with Crippen LogP contribution in [0.4, 0.5) is 0 Å². The van der Waals surface area contributed by atoms with Crippen LogP contribution in [0.25, 0.3) is 0 Å². The second-order valence-electron chi connectivity index (χ2n) is 6.22. The summed E-state index contributed by atoms with van der Waals surface area (Å²) in [5, 5.41) is 3.16. The zero-order valence-electron chi connectivity index (χ0n) is 14.4. The number of fused-ring (bicyclic) bond motifs is 2. The van der Waals surface area contributed by atoms with E-state index in [0.29, 0.717) is 12.2 Å². The van der Waals surface area contributed by atoms with Crippen molar-refractivity contribution in [2.75, 3.05) is 7.11 Å². The molecule has 0 saturated heterocycles. The van der Waals surface area contributed by atoms with Crippen LogP contribution in [-0.4, -0.2) is 13.0 Å². The molecular weight excluding hydrogens is 326 g/mol. The summed E-state index contributed by atoms with van der Waals surface area (Å²) in [4.78, 5) is 12.9. The maximum Gasteiger partial charge on any atom is 0.252 e. The molecule has 4 heteroatoms. The van der Waals surface area contributed by atoms with Gasteiger partial charge in [0.05, 0.1) is 12.6 Å². The van der Waals surface area contributed by atoms with E-state index in [2.05, 4.69) is 5.32 Å². The molecule has 0 bridgehead atoms. The fraction of sp³-hybridized carbons (Fsp3) is 0.136. The van der Waals surface area contributed by atoms with Gasteiger partial charge in [-0.1, -0.05) is 48.5 Å². The molecule has 4 rings (SSSR count). The number of carbonyl (C=O) groups is 1. The van der Waals surface area contributed by atoms with Gasteiger partial charge < -0.3 is 14.8 Å². The third-order valence-corrected chi connectivity index (χ3v) is 4.46. The van der Waals surface area contributed by atoms with Gasteiger partial charge in [0.25, 0.3) is 5.91 Å². The Morgan fingerprint density at radius 2 is 1.62 bits per heavy atom. The highest BCUT2D eigenvalue weighted by molar-refractivity contribution is 5.95. The van der Waals surface area contributed by atoms with Gasteiger partial charge in [0.1, 0.15) is 11.5 Å². The van der Waals surface area contributed by atoms with Crippen molar-refractivity contribution in [1.29, 1.82) is 0 Å². The maximum atomic E-state index is 12.9. The molecule has 0 aromatic heterocycles. The summed E-state index contributed by atoms with van der Waals surface area (Å²) < 4.78 is 11.1. The number of carbonyl (C=O) groups excluding carboxylic acids is 1. The van der Waals surface area contributed by atoms with Crippen LogP contribution >= 0.6 is 0 Å². The predicted molar refractivity (Wildman–Crippen MR) is 99.4 cm³/mol. The van der Waals surface area contributed by atoms with E-state index >= 15 is 0 Å². The first-order chi connectivity index (χ1) is 12.8. The zero-order chi connectivity index (χ0) is 17.9. The van der Waals surface area contributed by atoms with Crippen molar-refractivity contribution in [1.82, 2.24) is 5.32 Å². The topological polar surface area (TPSA) is 47.6 Å². The van der Waals surface area contributed by atoms with Crippen molar-refractivity contribution in [2.45, 2.75) is 12.6 Å². The van der Waals surface area contributed by atoms with Crippen molar-refractivity contribution in [2.24, 2.45) is 0 Å². The van der Waals surface area contributed by atoms with Gasteiger partial charge in [-0.05, 0) is 29.8 Å². The van der Waals surface area contributed by atoms with E-state index in [4.69, 9.17) is 9.47 Å². The molecule has 1 aliphatic rings. The average molecular weight is 345 g/mol. The first-order valence-corrected chi connectivity index (χ1v) is 8.50. The van der Waals surface area contributed by atoms with Crippen LogP contribution in [0.2, 0.25) is 0 Å². The SMILES string of the molecule is COCc1cccc(C(=O)NC2c3ccccc3Oc3ccccc32)c1. The second-order valence-corrected chi connectivity index (χ2v) is 6.22. The van der Waals surface area contributed by atoms with Crippen LogP contribution in [-0.2, 0) is 11.3 Å². The van der Waals surface area contributed by atoms with E-state index in [1.165, 1.54) is 0 Å². The van der Waals surface area contributed by atoms with Gasteiger partial charge in [-0.25, -0.2) is 0 Å². The quantitative estimate of drug-likeness (QED) is 0.759. The van der Waals surface area contributed by atoms with Gasteiger partial charge in [-0.15, -0.1) is 0 Å². The highest BCUT2D eigenvalue weighted by Crippen LogP contribution is 2.42. The van der Waals surface area contributed by atoms with Crippen molar-refractivity contribution < 1.29 is 14.3 Å². The lowest BCUT2D eigenvalue weighted by Crippen LogP contribution is -2.31. The molecule has 3 aromatic carbocycles. The lowest BCUT2D eigenvalue weighted by molar-refractivity contribution is 0.0941. The van der Waals surface area contributed by atoms with Crippen molar-refractivity contribution in [3.63, 3.8) is 0 Å². The molecule has 0 saturated carbocycles. The summed E-state index contributed by atoms with van der Waals surface area (Å²) in [5.41, 5.74) is 3.48. The monoisotopic (exact) mass is 345 g/mol. The molecule has 0 spiro atoms. The first-order valence-electron chi connectivity index (χ1n) is 8.50. The Bertz CT molecular complexity index is 906. The Morgan fingerprint density at radius 3 is 2.27 bits per heavy atom. The summed E-state index contributed by atoms with van der Waals surface area (Å²) in [6.07, 6.45) is 0. The number of amides is 1. The number of para-hydroxylation sites is 2. The van der Waals surface area contributed by atoms with Crippen LogP contribution < -0.4 is 10.1 Å². The molecule has 1 N–H and O–H groups in total. The van der Waals surface area contributed by atoms with Gasteiger partial charge in [0.15, 0.2) is 0 Å². The fourth-order valence-electron chi connectivity index (χ4n) is 3.25. The second kappa shape index (κ2) is 7.02.